The lowest BCUT2D eigenvalue weighted by Crippen LogP contribution is -2.09. The Kier molecular flexibility index (Phi) is 1.08. The molecule has 0 aromatic rings. The van der Waals surface area contributed by atoms with Gasteiger partial charge in [0, 0.05) is 11.8 Å². The van der Waals surface area contributed by atoms with Crippen LogP contribution in [0.2, 0.25) is 0 Å². The molecule has 0 unspecified atom stereocenters. The Morgan fingerprint density at radius 2 is 2.30 bits per heavy atom. The zero-order valence-electron chi connectivity index (χ0n) is 5.50. The van der Waals surface area contributed by atoms with Gasteiger partial charge < -0.3 is 0 Å². The Bertz CT molecular complexity index is 216. The summed E-state index contributed by atoms with van der Waals surface area (Å²) in [5.41, 5.74) is 0. The van der Waals surface area contributed by atoms with Crippen LogP contribution < -0.4 is 0 Å². The van der Waals surface area contributed by atoms with Gasteiger partial charge in [0.2, 0.25) is 0 Å². The second-order valence-corrected chi connectivity index (χ2v) is 3.04. The molecule has 0 N–H and O–H groups in total. The summed E-state index contributed by atoms with van der Waals surface area (Å²) in [6.07, 6.45) is 3.74. The van der Waals surface area contributed by atoms with E-state index in [4.69, 9.17) is 5.26 Å². The second-order valence-electron chi connectivity index (χ2n) is 3.04. The van der Waals surface area contributed by atoms with Crippen molar-refractivity contribution < 1.29 is 4.39 Å². The highest BCUT2D eigenvalue weighted by atomic mass is 19.1. The van der Waals surface area contributed by atoms with Crippen LogP contribution in [0.15, 0.2) is 12.2 Å². The molecule has 0 amide bonds. The lowest BCUT2D eigenvalue weighted by molar-refractivity contribution is 0.270. The standard InChI is InChI=1S/C8H8FN/c9-8-5-1-2-7(8)6(3-5)4-10/h1-2,5-8H,3H2/t5-,6-,7+,8+/m1/s1. The molecule has 1 fully saturated rings. The van der Waals surface area contributed by atoms with Gasteiger partial charge in [-0.15, -0.1) is 0 Å². The van der Waals surface area contributed by atoms with Crippen molar-refractivity contribution in [1.29, 1.82) is 5.26 Å². The second kappa shape index (κ2) is 1.82. The van der Waals surface area contributed by atoms with E-state index < -0.39 is 6.17 Å². The summed E-state index contributed by atoms with van der Waals surface area (Å²) >= 11 is 0. The topological polar surface area (TPSA) is 23.8 Å². The maximum atomic E-state index is 13.0. The molecular weight excluding hydrogens is 129 g/mol. The van der Waals surface area contributed by atoms with Crippen molar-refractivity contribution in [3.63, 3.8) is 0 Å². The number of alkyl halides is 1. The normalized spacial score (nSPS) is 49.6. The monoisotopic (exact) mass is 137 g/mol. The summed E-state index contributed by atoms with van der Waals surface area (Å²) in [6, 6.07) is 2.13. The third-order valence-corrected chi connectivity index (χ3v) is 2.51. The van der Waals surface area contributed by atoms with Gasteiger partial charge in [-0.25, -0.2) is 4.39 Å². The minimum atomic E-state index is -0.760. The van der Waals surface area contributed by atoms with Crippen molar-refractivity contribution in [2.45, 2.75) is 12.6 Å². The van der Waals surface area contributed by atoms with Gasteiger partial charge in [-0.1, -0.05) is 12.2 Å². The summed E-state index contributed by atoms with van der Waals surface area (Å²) in [7, 11) is 0. The number of hydrogen-bond donors (Lipinski definition) is 0. The summed E-state index contributed by atoms with van der Waals surface area (Å²) < 4.78 is 13.0. The first kappa shape index (κ1) is 5.91. The van der Waals surface area contributed by atoms with Crippen LogP contribution >= 0.6 is 0 Å². The number of fused-ring (bicyclic) bond motifs is 2. The van der Waals surface area contributed by atoms with Gasteiger partial charge in [0.1, 0.15) is 6.17 Å². The van der Waals surface area contributed by atoms with Crippen LogP contribution in [0.25, 0.3) is 0 Å². The molecule has 2 rings (SSSR count). The smallest absolute Gasteiger partial charge is 0.114 e. The van der Waals surface area contributed by atoms with Gasteiger partial charge in [0.25, 0.3) is 0 Å². The fourth-order valence-electron chi connectivity index (χ4n) is 1.92. The van der Waals surface area contributed by atoms with Crippen molar-refractivity contribution in [2.75, 3.05) is 0 Å². The van der Waals surface area contributed by atoms with Crippen molar-refractivity contribution in [3.8, 4) is 6.07 Å². The first-order valence-electron chi connectivity index (χ1n) is 3.55. The lowest BCUT2D eigenvalue weighted by Gasteiger charge is -2.06. The zero-order chi connectivity index (χ0) is 7.14. The third-order valence-electron chi connectivity index (χ3n) is 2.51. The molecule has 2 aliphatic carbocycles. The van der Waals surface area contributed by atoms with Gasteiger partial charge in [-0.05, 0) is 6.42 Å². The zero-order valence-corrected chi connectivity index (χ0v) is 5.50. The predicted molar refractivity (Wildman–Crippen MR) is 34.7 cm³/mol. The largest absolute Gasteiger partial charge is 0.246 e. The van der Waals surface area contributed by atoms with Crippen LogP contribution in [0.1, 0.15) is 6.42 Å². The number of allylic oxidation sites excluding steroid dienone is 2. The molecule has 0 heterocycles. The van der Waals surface area contributed by atoms with Gasteiger partial charge in [0.15, 0.2) is 0 Å². The van der Waals surface area contributed by atoms with E-state index in [2.05, 4.69) is 6.07 Å². The average Bonchev–Trinajstić information content (AvgIpc) is 2.46. The first-order chi connectivity index (χ1) is 4.83. The molecule has 0 saturated heterocycles. The Morgan fingerprint density at radius 1 is 1.50 bits per heavy atom. The highest BCUT2D eigenvalue weighted by molar-refractivity contribution is 5.19. The molecule has 2 aliphatic rings. The first-order valence-corrected chi connectivity index (χ1v) is 3.55. The van der Waals surface area contributed by atoms with Crippen LogP contribution in [-0.4, -0.2) is 6.17 Å². The third kappa shape index (κ3) is 0.553. The minimum Gasteiger partial charge on any atom is -0.246 e. The van der Waals surface area contributed by atoms with E-state index >= 15 is 0 Å². The average molecular weight is 137 g/mol. The van der Waals surface area contributed by atoms with Crippen molar-refractivity contribution in [1.82, 2.24) is 0 Å². The van der Waals surface area contributed by atoms with E-state index in [1.807, 2.05) is 12.2 Å². The molecule has 0 radical (unpaired) electrons. The van der Waals surface area contributed by atoms with E-state index in [1.165, 1.54) is 0 Å². The van der Waals surface area contributed by atoms with Crippen LogP contribution in [-0.2, 0) is 0 Å². The Labute approximate surface area is 59.2 Å². The van der Waals surface area contributed by atoms with Crippen molar-refractivity contribution in [2.24, 2.45) is 17.8 Å². The molecule has 0 spiro atoms. The van der Waals surface area contributed by atoms with E-state index in [9.17, 15) is 4.39 Å². The van der Waals surface area contributed by atoms with Crippen molar-refractivity contribution in [3.05, 3.63) is 12.2 Å². The number of rotatable bonds is 0. The van der Waals surface area contributed by atoms with Crippen molar-refractivity contribution >= 4 is 0 Å². The molecule has 0 aliphatic heterocycles. The molecule has 10 heavy (non-hydrogen) atoms. The summed E-state index contributed by atoms with van der Waals surface area (Å²) in [4.78, 5) is 0. The van der Waals surface area contributed by atoms with E-state index in [1.54, 1.807) is 0 Å². The Hall–Kier alpha value is -0.840. The fourth-order valence-corrected chi connectivity index (χ4v) is 1.92. The Balaban J connectivity index is 2.25. The fraction of sp³-hybridized carbons (Fsp3) is 0.625. The predicted octanol–water partition coefficient (Wildman–Crippen LogP) is 1.67. The molecule has 2 heteroatoms. The van der Waals surface area contributed by atoms with E-state index in [0.29, 0.717) is 0 Å². The quantitative estimate of drug-likeness (QED) is 0.466. The highest BCUT2D eigenvalue weighted by Crippen LogP contribution is 2.44. The number of nitrogens with zero attached hydrogens (tertiary/aromatic N) is 1. The van der Waals surface area contributed by atoms with Crippen LogP contribution in [0.3, 0.4) is 0 Å². The molecule has 2 bridgehead atoms. The van der Waals surface area contributed by atoms with Gasteiger partial charge in [-0.2, -0.15) is 5.26 Å². The van der Waals surface area contributed by atoms with Gasteiger partial charge in [-0.3, -0.25) is 0 Å². The highest BCUT2D eigenvalue weighted by Gasteiger charge is 2.45. The molecule has 0 aromatic heterocycles. The van der Waals surface area contributed by atoms with E-state index in [-0.39, 0.29) is 17.8 Å². The van der Waals surface area contributed by atoms with Gasteiger partial charge >= 0.3 is 0 Å². The SMILES string of the molecule is N#C[C@H]1C[C@H]2C=C[C@@H]1[C@H]2F. The molecule has 1 nitrogen and oxygen atoms in total. The van der Waals surface area contributed by atoms with Crippen LogP contribution in [0, 0.1) is 29.1 Å². The summed E-state index contributed by atoms with van der Waals surface area (Å²) in [5, 5.41) is 8.56. The molecule has 0 aromatic carbocycles. The summed E-state index contributed by atoms with van der Waals surface area (Å²) in [5.74, 6) is -0.0883. The Morgan fingerprint density at radius 3 is 2.60 bits per heavy atom. The maximum Gasteiger partial charge on any atom is 0.114 e. The summed E-state index contributed by atoms with van der Waals surface area (Å²) in [6.45, 7) is 0. The van der Waals surface area contributed by atoms with Gasteiger partial charge in [0.05, 0.1) is 12.0 Å². The maximum absolute atomic E-state index is 13.0. The molecular formula is C8H8FN. The number of nitriles is 1. The molecule has 52 valence electrons. The molecule has 1 saturated carbocycles. The minimum absolute atomic E-state index is 0.0506. The van der Waals surface area contributed by atoms with Crippen LogP contribution in [0.5, 0.6) is 0 Å². The van der Waals surface area contributed by atoms with Crippen LogP contribution in [0.4, 0.5) is 4.39 Å². The lowest BCUT2D eigenvalue weighted by atomic mass is 9.95. The number of halogens is 1. The molecule has 4 atom stereocenters. The number of hydrogen-bond acceptors (Lipinski definition) is 1. The van der Waals surface area contributed by atoms with E-state index in [0.717, 1.165) is 6.42 Å².